The maximum Gasteiger partial charge on any atom is 0.304 e. The van der Waals surface area contributed by atoms with E-state index in [1.54, 1.807) is 0 Å². The monoisotopic (exact) mass is 229 g/mol. The molecule has 0 spiro atoms. The topological polar surface area (TPSA) is 40.5 Å². The van der Waals surface area contributed by atoms with Gasteiger partial charge in [0.25, 0.3) is 0 Å². The van der Waals surface area contributed by atoms with Gasteiger partial charge in [0, 0.05) is 19.1 Å². The highest BCUT2D eigenvalue weighted by molar-refractivity contribution is 5.67. The molecule has 1 N–H and O–H groups in total. The highest BCUT2D eigenvalue weighted by Crippen LogP contribution is 2.14. The number of aliphatic carboxylic acids is 1. The predicted octanol–water partition coefficient (Wildman–Crippen LogP) is 2.85. The van der Waals surface area contributed by atoms with Gasteiger partial charge in [-0.25, -0.2) is 0 Å². The summed E-state index contributed by atoms with van der Waals surface area (Å²) in [6.45, 7) is 12.8. The third-order valence-corrected chi connectivity index (χ3v) is 2.60. The summed E-state index contributed by atoms with van der Waals surface area (Å²) >= 11 is 0. The average Bonchev–Trinajstić information content (AvgIpc) is 2.11. The van der Waals surface area contributed by atoms with Gasteiger partial charge in [-0.05, 0) is 18.3 Å². The molecule has 0 radical (unpaired) electrons. The molecule has 0 amide bonds. The van der Waals surface area contributed by atoms with Crippen LogP contribution in [0.3, 0.4) is 0 Å². The number of rotatable bonds is 8. The van der Waals surface area contributed by atoms with Crippen LogP contribution in [0.5, 0.6) is 0 Å². The Morgan fingerprint density at radius 2 is 1.56 bits per heavy atom. The van der Waals surface area contributed by atoms with Crippen LogP contribution in [0.15, 0.2) is 0 Å². The van der Waals surface area contributed by atoms with Gasteiger partial charge in [-0.2, -0.15) is 0 Å². The van der Waals surface area contributed by atoms with E-state index in [1.807, 2.05) is 0 Å². The fourth-order valence-electron chi connectivity index (χ4n) is 2.04. The first-order chi connectivity index (χ1) is 7.36. The van der Waals surface area contributed by atoms with Crippen LogP contribution in [0, 0.1) is 11.8 Å². The Morgan fingerprint density at radius 3 is 1.81 bits per heavy atom. The lowest BCUT2D eigenvalue weighted by atomic mass is 10.0. The first-order valence-electron chi connectivity index (χ1n) is 6.32. The van der Waals surface area contributed by atoms with E-state index in [4.69, 9.17) is 5.11 Å². The fraction of sp³-hybridized carbons (Fsp3) is 0.923. The van der Waals surface area contributed by atoms with E-state index in [2.05, 4.69) is 39.5 Å². The number of carboxylic acid groups (broad SMARTS) is 1. The average molecular weight is 229 g/mol. The van der Waals surface area contributed by atoms with Crippen molar-refractivity contribution in [3.05, 3.63) is 0 Å². The molecule has 0 aliphatic heterocycles. The van der Waals surface area contributed by atoms with Gasteiger partial charge in [-0.15, -0.1) is 0 Å². The molecular weight excluding hydrogens is 202 g/mol. The number of carboxylic acids is 1. The van der Waals surface area contributed by atoms with Gasteiger partial charge in [0.2, 0.25) is 0 Å². The Balaban J connectivity index is 4.47. The van der Waals surface area contributed by atoms with E-state index in [1.165, 1.54) is 0 Å². The van der Waals surface area contributed by atoms with Crippen molar-refractivity contribution in [1.29, 1.82) is 0 Å². The molecule has 0 heterocycles. The van der Waals surface area contributed by atoms with Gasteiger partial charge in [-0.3, -0.25) is 9.69 Å². The Bertz CT molecular complexity index is 192. The second-order valence-electron chi connectivity index (χ2n) is 5.40. The van der Waals surface area contributed by atoms with Crippen LogP contribution in [0.1, 0.15) is 47.5 Å². The molecule has 3 nitrogen and oxygen atoms in total. The van der Waals surface area contributed by atoms with Crippen molar-refractivity contribution < 1.29 is 9.90 Å². The molecule has 0 aliphatic rings. The van der Waals surface area contributed by atoms with Gasteiger partial charge < -0.3 is 5.11 Å². The lowest BCUT2D eigenvalue weighted by molar-refractivity contribution is -0.138. The number of carbonyl (C=O) groups is 1. The highest BCUT2D eigenvalue weighted by Gasteiger charge is 2.21. The molecule has 0 saturated heterocycles. The van der Waals surface area contributed by atoms with Gasteiger partial charge in [0.15, 0.2) is 0 Å². The summed E-state index contributed by atoms with van der Waals surface area (Å²) in [6.07, 6.45) is 1.17. The molecule has 0 aromatic rings. The minimum Gasteiger partial charge on any atom is -0.481 e. The molecule has 1 unspecified atom stereocenters. The maximum atomic E-state index is 10.8. The molecule has 3 heteroatoms. The van der Waals surface area contributed by atoms with Crippen LogP contribution in [-0.2, 0) is 4.79 Å². The van der Waals surface area contributed by atoms with E-state index < -0.39 is 5.97 Å². The number of nitrogens with zero attached hydrogens (tertiary/aromatic N) is 1. The van der Waals surface area contributed by atoms with E-state index in [9.17, 15) is 4.79 Å². The van der Waals surface area contributed by atoms with Crippen LogP contribution in [0.25, 0.3) is 0 Å². The zero-order chi connectivity index (χ0) is 12.7. The third kappa shape index (κ3) is 6.83. The smallest absolute Gasteiger partial charge is 0.304 e. The predicted molar refractivity (Wildman–Crippen MR) is 67.6 cm³/mol. The fourth-order valence-corrected chi connectivity index (χ4v) is 2.04. The van der Waals surface area contributed by atoms with E-state index in [0.717, 1.165) is 19.5 Å². The quantitative estimate of drug-likeness (QED) is 0.695. The normalized spacial score (nSPS) is 13.8. The molecule has 1 atom stereocenters. The van der Waals surface area contributed by atoms with Crippen LogP contribution in [0.2, 0.25) is 0 Å². The molecule has 0 bridgehead atoms. The van der Waals surface area contributed by atoms with E-state index in [-0.39, 0.29) is 12.5 Å². The van der Waals surface area contributed by atoms with Crippen molar-refractivity contribution >= 4 is 5.97 Å². The lowest BCUT2D eigenvalue weighted by Gasteiger charge is -2.33. The van der Waals surface area contributed by atoms with Crippen LogP contribution in [-0.4, -0.2) is 35.1 Å². The minimum absolute atomic E-state index is 0.183. The molecule has 0 aromatic heterocycles. The standard InChI is InChI=1S/C13H27NO2/c1-6-12(7-13(15)16)14(8-10(2)3)9-11(4)5/h10-12H,6-9H2,1-5H3,(H,15,16). The van der Waals surface area contributed by atoms with Gasteiger partial charge in [0.05, 0.1) is 6.42 Å². The Labute approximate surface area is 99.8 Å². The summed E-state index contributed by atoms with van der Waals surface area (Å²) in [6, 6.07) is 0.183. The van der Waals surface area contributed by atoms with Crippen molar-refractivity contribution in [3.63, 3.8) is 0 Å². The van der Waals surface area contributed by atoms with Gasteiger partial charge >= 0.3 is 5.97 Å². The summed E-state index contributed by atoms with van der Waals surface area (Å²) in [5, 5.41) is 8.91. The second-order valence-corrected chi connectivity index (χ2v) is 5.40. The molecule has 0 saturated carbocycles. The summed E-state index contributed by atoms with van der Waals surface area (Å²) < 4.78 is 0. The molecule has 0 aromatic carbocycles. The number of hydrogen-bond donors (Lipinski definition) is 1. The Morgan fingerprint density at radius 1 is 1.12 bits per heavy atom. The van der Waals surface area contributed by atoms with Crippen molar-refractivity contribution in [2.45, 2.75) is 53.5 Å². The second kappa shape index (κ2) is 7.66. The summed E-state index contributed by atoms with van der Waals surface area (Å²) in [5.74, 6) is 0.479. The van der Waals surface area contributed by atoms with E-state index >= 15 is 0 Å². The largest absolute Gasteiger partial charge is 0.481 e. The lowest BCUT2D eigenvalue weighted by Crippen LogP contribution is -2.41. The SMILES string of the molecule is CCC(CC(=O)O)N(CC(C)C)CC(C)C. The zero-order valence-electron chi connectivity index (χ0n) is 11.4. The Hall–Kier alpha value is -0.570. The minimum atomic E-state index is -0.690. The van der Waals surface area contributed by atoms with Gasteiger partial charge in [-0.1, -0.05) is 34.6 Å². The first-order valence-corrected chi connectivity index (χ1v) is 6.32. The molecule has 16 heavy (non-hydrogen) atoms. The van der Waals surface area contributed by atoms with Crippen LogP contribution in [0.4, 0.5) is 0 Å². The summed E-state index contributed by atoms with van der Waals surface area (Å²) in [7, 11) is 0. The number of hydrogen-bond acceptors (Lipinski definition) is 2. The summed E-state index contributed by atoms with van der Waals surface area (Å²) in [4.78, 5) is 13.2. The summed E-state index contributed by atoms with van der Waals surface area (Å²) in [5.41, 5.74) is 0. The van der Waals surface area contributed by atoms with Crippen molar-refractivity contribution in [2.75, 3.05) is 13.1 Å². The highest BCUT2D eigenvalue weighted by atomic mass is 16.4. The third-order valence-electron chi connectivity index (χ3n) is 2.60. The molecule has 0 aliphatic carbocycles. The van der Waals surface area contributed by atoms with E-state index in [0.29, 0.717) is 11.8 Å². The van der Waals surface area contributed by atoms with Crippen molar-refractivity contribution in [3.8, 4) is 0 Å². The van der Waals surface area contributed by atoms with Crippen LogP contribution < -0.4 is 0 Å². The molecule has 0 fully saturated rings. The van der Waals surface area contributed by atoms with Crippen molar-refractivity contribution in [1.82, 2.24) is 4.90 Å². The molecule has 0 rings (SSSR count). The molecular formula is C13H27NO2. The maximum absolute atomic E-state index is 10.8. The zero-order valence-corrected chi connectivity index (χ0v) is 11.4. The van der Waals surface area contributed by atoms with Crippen molar-refractivity contribution in [2.24, 2.45) is 11.8 Å². The molecule has 96 valence electrons. The van der Waals surface area contributed by atoms with Gasteiger partial charge in [0.1, 0.15) is 0 Å². The first kappa shape index (κ1) is 15.4. The Kier molecular flexibility index (Phi) is 7.39. The van der Waals surface area contributed by atoms with Crippen LogP contribution >= 0.6 is 0 Å².